The van der Waals surface area contributed by atoms with E-state index in [4.69, 9.17) is 11.5 Å². The van der Waals surface area contributed by atoms with Gasteiger partial charge in [-0.05, 0) is 24.5 Å². The van der Waals surface area contributed by atoms with Gasteiger partial charge in [0.15, 0.2) is 0 Å². The zero-order chi connectivity index (χ0) is 16.0. The fraction of sp³-hybridized carbons (Fsp3) is 0.385. The molecule has 0 radical (unpaired) electrons. The van der Waals surface area contributed by atoms with Crippen molar-refractivity contribution in [2.24, 2.45) is 17.4 Å². The van der Waals surface area contributed by atoms with E-state index in [0.717, 1.165) is 0 Å². The summed E-state index contributed by atoms with van der Waals surface area (Å²) in [5.41, 5.74) is 10.4. The summed E-state index contributed by atoms with van der Waals surface area (Å²) in [6.45, 7) is 1.75. The Balaban J connectivity index is 3.10. The molecule has 0 saturated heterocycles. The first-order valence-electron chi connectivity index (χ1n) is 6.35. The lowest BCUT2D eigenvalue weighted by atomic mass is 9.91. The number of hydrogen-bond acceptors (Lipinski definition) is 4. The maximum Gasteiger partial charge on any atom is 0.337 e. The van der Waals surface area contributed by atoms with Crippen LogP contribution in [0.4, 0.5) is 4.79 Å². The summed E-state index contributed by atoms with van der Waals surface area (Å²) in [4.78, 5) is 37.3. The molecule has 1 aromatic heterocycles. The normalized spacial score (nSPS) is 13.2. The molecule has 8 nitrogen and oxygen atoms in total. The zero-order valence-corrected chi connectivity index (χ0v) is 11.6. The molecule has 1 heterocycles. The highest BCUT2D eigenvalue weighted by molar-refractivity contribution is 5.89. The van der Waals surface area contributed by atoms with Crippen LogP contribution in [0, 0.1) is 5.92 Å². The topological polar surface area (TPSA) is 148 Å². The number of hydrogen-bond donors (Lipinski definition) is 4. The van der Waals surface area contributed by atoms with Gasteiger partial charge in [0, 0.05) is 12.6 Å². The third kappa shape index (κ3) is 4.75. The van der Waals surface area contributed by atoms with Gasteiger partial charge in [-0.1, -0.05) is 6.92 Å². The molecule has 0 fully saturated rings. The van der Waals surface area contributed by atoms with E-state index in [2.05, 4.69) is 10.3 Å². The average Bonchev–Trinajstić information content (AvgIpc) is 2.41. The lowest BCUT2D eigenvalue weighted by Crippen LogP contribution is -2.38. The maximum atomic E-state index is 11.2. The highest BCUT2D eigenvalue weighted by Crippen LogP contribution is 2.26. The van der Waals surface area contributed by atoms with Crippen LogP contribution in [0.15, 0.2) is 18.3 Å². The SMILES string of the molecule is CC(CCC(N)=O)C(NC(N)=O)c1ncccc1C(=O)O. The number of carbonyl (C=O) groups excluding carboxylic acids is 2. The number of urea groups is 1. The molecule has 114 valence electrons. The molecule has 6 N–H and O–H groups in total. The molecule has 0 spiro atoms. The van der Waals surface area contributed by atoms with Crippen molar-refractivity contribution in [2.45, 2.75) is 25.8 Å². The number of aromatic carboxylic acids is 1. The number of nitrogens with one attached hydrogen (secondary N) is 1. The minimum atomic E-state index is -1.16. The lowest BCUT2D eigenvalue weighted by molar-refractivity contribution is -0.118. The van der Waals surface area contributed by atoms with Crippen molar-refractivity contribution in [3.05, 3.63) is 29.6 Å². The molecule has 0 aromatic carbocycles. The average molecular weight is 294 g/mol. The molecule has 0 saturated carbocycles. The van der Waals surface area contributed by atoms with Crippen LogP contribution >= 0.6 is 0 Å². The Bertz CT molecular complexity index is 547. The highest BCUT2D eigenvalue weighted by atomic mass is 16.4. The number of aromatic nitrogens is 1. The molecule has 0 bridgehead atoms. The monoisotopic (exact) mass is 294 g/mol. The van der Waals surface area contributed by atoms with Gasteiger partial charge in [0.05, 0.1) is 17.3 Å². The van der Waals surface area contributed by atoms with E-state index in [1.54, 1.807) is 6.92 Å². The predicted octanol–water partition coefficient (Wildman–Crippen LogP) is 0.391. The van der Waals surface area contributed by atoms with Crippen molar-refractivity contribution in [1.29, 1.82) is 0 Å². The molecule has 2 unspecified atom stereocenters. The van der Waals surface area contributed by atoms with E-state index in [0.29, 0.717) is 6.42 Å². The molecule has 21 heavy (non-hydrogen) atoms. The Kier molecular flexibility index (Phi) is 5.65. The number of amides is 3. The first-order valence-corrected chi connectivity index (χ1v) is 6.35. The van der Waals surface area contributed by atoms with Crippen LogP contribution in [-0.4, -0.2) is 28.0 Å². The minimum absolute atomic E-state index is 0.0258. The first-order chi connectivity index (χ1) is 9.82. The van der Waals surface area contributed by atoms with E-state index in [-0.39, 0.29) is 23.6 Å². The number of carboxylic acid groups (broad SMARTS) is 1. The Hall–Kier alpha value is -2.64. The van der Waals surface area contributed by atoms with Gasteiger partial charge in [0.2, 0.25) is 5.91 Å². The standard InChI is InChI=1S/C13H18N4O4/c1-7(4-5-9(14)18)10(17-13(15)21)11-8(12(19)20)3-2-6-16-11/h2-3,6-7,10H,4-5H2,1H3,(H2,14,18)(H,19,20)(H3,15,17,21). The van der Waals surface area contributed by atoms with Gasteiger partial charge in [-0.2, -0.15) is 0 Å². The number of carbonyl (C=O) groups is 3. The molecule has 1 rings (SSSR count). The zero-order valence-electron chi connectivity index (χ0n) is 11.6. The second-order valence-corrected chi connectivity index (χ2v) is 4.71. The molecule has 2 atom stereocenters. The van der Waals surface area contributed by atoms with E-state index >= 15 is 0 Å². The van der Waals surface area contributed by atoms with Crippen LogP contribution < -0.4 is 16.8 Å². The third-order valence-electron chi connectivity index (χ3n) is 3.08. The van der Waals surface area contributed by atoms with Gasteiger partial charge in [-0.15, -0.1) is 0 Å². The maximum absolute atomic E-state index is 11.2. The van der Waals surface area contributed by atoms with Gasteiger partial charge in [0.25, 0.3) is 0 Å². The van der Waals surface area contributed by atoms with Crippen molar-refractivity contribution in [2.75, 3.05) is 0 Å². The molecule has 0 aliphatic rings. The van der Waals surface area contributed by atoms with Gasteiger partial charge in [-0.25, -0.2) is 9.59 Å². The Labute approximate surface area is 121 Å². The molecule has 1 aromatic rings. The predicted molar refractivity (Wildman–Crippen MR) is 74.2 cm³/mol. The number of primary amides is 2. The highest BCUT2D eigenvalue weighted by Gasteiger charge is 2.26. The quantitative estimate of drug-likeness (QED) is 0.574. The second-order valence-electron chi connectivity index (χ2n) is 4.71. The van der Waals surface area contributed by atoms with Crippen LogP contribution in [0.25, 0.3) is 0 Å². The summed E-state index contributed by atoms with van der Waals surface area (Å²) in [5.74, 6) is -1.89. The van der Waals surface area contributed by atoms with Gasteiger partial charge >= 0.3 is 12.0 Å². The van der Waals surface area contributed by atoms with Crippen LogP contribution in [-0.2, 0) is 4.79 Å². The van der Waals surface area contributed by atoms with E-state index in [1.165, 1.54) is 18.3 Å². The molecule has 0 aliphatic heterocycles. The number of carboxylic acids is 1. The Morgan fingerprint density at radius 3 is 2.57 bits per heavy atom. The second kappa shape index (κ2) is 7.22. The van der Waals surface area contributed by atoms with Crippen molar-refractivity contribution < 1.29 is 19.5 Å². The number of nitrogens with zero attached hydrogens (tertiary/aromatic N) is 1. The fourth-order valence-electron chi connectivity index (χ4n) is 2.02. The summed E-state index contributed by atoms with van der Waals surface area (Å²) in [5, 5.41) is 11.7. The van der Waals surface area contributed by atoms with Crippen LogP contribution in [0.2, 0.25) is 0 Å². The summed E-state index contributed by atoms with van der Waals surface area (Å²) in [6, 6.07) is 1.37. The molecule has 0 aliphatic carbocycles. The van der Waals surface area contributed by atoms with Gasteiger partial charge in [0.1, 0.15) is 0 Å². The number of nitrogens with two attached hydrogens (primary N) is 2. The van der Waals surface area contributed by atoms with Crippen molar-refractivity contribution >= 4 is 17.9 Å². The Morgan fingerprint density at radius 2 is 2.05 bits per heavy atom. The minimum Gasteiger partial charge on any atom is -0.478 e. The first kappa shape index (κ1) is 16.4. The van der Waals surface area contributed by atoms with Crippen molar-refractivity contribution in [1.82, 2.24) is 10.3 Å². The molecule has 8 heteroatoms. The lowest BCUT2D eigenvalue weighted by Gasteiger charge is -2.24. The summed E-state index contributed by atoms with van der Waals surface area (Å²) < 4.78 is 0. The largest absolute Gasteiger partial charge is 0.478 e. The van der Waals surface area contributed by atoms with Gasteiger partial charge < -0.3 is 21.9 Å². The van der Waals surface area contributed by atoms with E-state index in [9.17, 15) is 19.5 Å². The van der Waals surface area contributed by atoms with Crippen LogP contribution in [0.1, 0.15) is 41.9 Å². The molecular formula is C13H18N4O4. The summed E-state index contributed by atoms with van der Waals surface area (Å²) in [7, 11) is 0. The number of rotatable bonds is 7. The molecular weight excluding hydrogens is 276 g/mol. The molecule has 3 amide bonds. The Morgan fingerprint density at radius 1 is 1.38 bits per heavy atom. The summed E-state index contributed by atoms with van der Waals surface area (Å²) in [6.07, 6.45) is 1.92. The van der Waals surface area contributed by atoms with Crippen LogP contribution in [0.5, 0.6) is 0 Å². The summed E-state index contributed by atoms with van der Waals surface area (Å²) >= 11 is 0. The van der Waals surface area contributed by atoms with Gasteiger partial charge in [-0.3, -0.25) is 9.78 Å². The van der Waals surface area contributed by atoms with E-state index in [1.807, 2.05) is 0 Å². The van der Waals surface area contributed by atoms with E-state index < -0.39 is 23.9 Å². The van der Waals surface area contributed by atoms with Crippen molar-refractivity contribution in [3.63, 3.8) is 0 Å². The smallest absolute Gasteiger partial charge is 0.337 e. The number of pyridine rings is 1. The van der Waals surface area contributed by atoms with Crippen LogP contribution in [0.3, 0.4) is 0 Å². The van der Waals surface area contributed by atoms with Crippen molar-refractivity contribution in [3.8, 4) is 0 Å². The third-order valence-corrected chi connectivity index (χ3v) is 3.08. The fourth-order valence-corrected chi connectivity index (χ4v) is 2.02.